The molecule has 0 saturated carbocycles. The highest BCUT2D eigenvalue weighted by molar-refractivity contribution is 6.31. The first kappa shape index (κ1) is 14.4. The lowest BCUT2D eigenvalue weighted by atomic mass is 10.0. The van der Waals surface area contributed by atoms with Crippen molar-refractivity contribution in [3.63, 3.8) is 0 Å². The van der Waals surface area contributed by atoms with Crippen LogP contribution in [0, 0.1) is 0 Å². The minimum atomic E-state index is 0.157. The Balaban J connectivity index is 1.87. The van der Waals surface area contributed by atoms with Crippen LogP contribution in [0.15, 0.2) is 24.3 Å². The van der Waals surface area contributed by atoms with Crippen LogP contribution < -0.4 is 0 Å². The molecule has 1 aromatic rings. The Morgan fingerprint density at radius 1 is 1.37 bits per heavy atom. The van der Waals surface area contributed by atoms with Gasteiger partial charge in [0.2, 0.25) is 5.91 Å². The predicted molar refractivity (Wildman–Crippen MR) is 78.2 cm³/mol. The number of carbonyl (C=O) groups is 1. The molecule has 0 atom stereocenters. The summed E-state index contributed by atoms with van der Waals surface area (Å²) in [6.45, 7) is 4.58. The zero-order valence-corrected chi connectivity index (χ0v) is 12.4. The van der Waals surface area contributed by atoms with Crippen LogP contribution in [0.25, 0.3) is 0 Å². The van der Waals surface area contributed by atoms with Gasteiger partial charge in [-0.05, 0) is 24.5 Å². The van der Waals surface area contributed by atoms with E-state index in [0.29, 0.717) is 6.04 Å². The average molecular weight is 281 g/mol. The van der Waals surface area contributed by atoms with Gasteiger partial charge in [-0.1, -0.05) is 29.8 Å². The summed E-state index contributed by atoms with van der Waals surface area (Å²) in [5.41, 5.74) is 1.18. The highest BCUT2D eigenvalue weighted by Crippen LogP contribution is 2.21. The molecule has 1 aliphatic heterocycles. The number of hydrogen-bond donors (Lipinski definition) is 0. The van der Waals surface area contributed by atoms with Crippen LogP contribution in [0.5, 0.6) is 0 Å². The molecular formula is C15H21ClN2O. The summed E-state index contributed by atoms with van der Waals surface area (Å²) in [6, 6.07) is 8.39. The third-order valence-electron chi connectivity index (χ3n) is 3.95. The third-order valence-corrected chi connectivity index (χ3v) is 4.32. The zero-order valence-electron chi connectivity index (χ0n) is 11.6. The predicted octanol–water partition coefficient (Wildman–Crippen LogP) is 2.78. The topological polar surface area (TPSA) is 23.6 Å². The van der Waals surface area contributed by atoms with Gasteiger partial charge in [-0.3, -0.25) is 9.69 Å². The Hall–Kier alpha value is -1.06. The van der Waals surface area contributed by atoms with Crippen LogP contribution in [0.1, 0.15) is 25.3 Å². The van der Waals surface area contributed by atoms with Crippen molar-refractivity contribution in [3.05, 3.63) is 34.9 Å². The second kappa shape index (κ2) is 6.40. The highest BCUT2D eigenvalue weighted by atomic mass is 35.5. The Morgan fingerprint density at radius 3 is 2.58 bits per heavy atom. The van der Waals surface area contributed by atoms with Crippen LogP contribution in [0.4, 0.5) is 0 Å². The maximum absolute atomic E-state index is 11.4. The van der Waals surface area contributed by atoms with E-state index in [2.05, 4.69) is 11.0 Å². The minimum absolute atomic E-state index is 0.157. The van der Waals surface area contributed by atoms with Crippen molar-refractivity contribution in [1.82, 2.24) is 9.80 Å². The van der Waals surface area contributed by atoms with E-state index in [4.69, 9.17) is 11.6 Å². The molecule has 1 saturated heterocycles. The summed E-state index contributed by atoms with van der Waals surface area (Å²) in [4.78, 5) is 15.6. The van der Waals surface area contributed by atoms with Gasteiger partial charge < -0.3 is 4.90 Å². The molecule has 3 nitrogen and oxygen atoms in total. The standard InChI is InChI=1S/C15H21ClN2O/c1-12(19)17(2)14-7-9-18(10-8-14)11-13-5-3-4-6-15(13)16/h3-6,14H,7-11H2,1-2H3. The number of amides is 1. The Morgan fingerprint density at radius 2 is 2.00 bits per heavy atom. The number of hydrogen-bond acceptors (Lipinski definition) is 2. The van der Waals surface area contributed by atoms with Crippen molar-refractivity contribution in [3.8, 4) is 0 Å². The van der Waals surface area contributed by atoms with Crippen LogP contribution in [0.3, 0.4) is 0 Å². The fourth-order valence-electron chi connectivity index (χ4n) is 2.59. The molecule has 1 aliphatic rings. The number of nitrogens with zero attached hydrogens (tertiary/aromatic N) is 2. The number of rotatable bonds is 3. The van der Waals surface area contributed by atoms with Crippen LogP contribution in [0.2, 0.25) is 5.02 Å². The lowest BCUT2D eigenvalue weighted by molar-refractivity contribution is -0.130. The molecule has 0 unspecified atom stereocenters. The van der Waals surface area contributed by atoms with E-state index in [1.54, 1.807) is 6.92 Å². The number of carbonyl (C=O) groups excluding carboxylic acids is 1. The van der Waals surface area contributed by atoms with Gasteiger partial charge in [0.25, 0.3) is 0 Å². The molecule has 0 aromatic heterocycles. The van der Waals surface area contributed by atoms with E-state index in [1.807, 2.05) is 30.1 Å². The molecule has 1 fully saturated rings. The summed E-state index contributed by atoms with van der Waals surface area (Å²) in [6.07, 6.45) is 2.08. The molecule has 4 heteroatoms. The lowest BCUT2D eigenvalue weighted by Crippen LogP contribution is -2.44. The van der Waals surface area contributed by atoms with Crippen molar-refractivity contribution in [1.29, 1.82) is 0 Å². The van der Waals surface area contributed by atoms with E-state index in [1.165, 1.54) is 5.56 Å². The molecule has 1 amide bonds. The Labute approximate surface area is 120 Å². The average Bonchev–Trinajstić information content (AvgIpc) is 2.41. The summed E-state index contributed by atoms with van der Waals surface area (Å²) in [5, 5.41) is 0.838. The van der Waals surface area contributed by atoms with E-state index in [9.17, 15) is 4.79 Å². The number of halogens is 1. The summed E-state index contributed by atoms with van der Waals surface area (Å²) >= 11 is 6.18. The van der Waals surface area contributed by atoms with E-state index < -0.39 is 0 Å². The third kappa shape index (κ3) is 3.71. The molecule has 0 spiro atoms. The number of likely N-dealkylation sites (tertiary alicyclic amines) is 1. The van der Waals surface area contributed by atoms with Gasteiger partial charge in [0.05, 0.1) is 0 Å². The Bertz CT molecular complexity index is 442. The quantitative estimate of drug-likeness (QED) is 0.850. The highest BCUT2D eigenvalue weighted by Gasteiger charge is 2.23. The van der Waals surface area contributed by atoms with Gasteiger partial charge in [0.15, 0.2) is 0 Å². The van der Waals surface area contributed by atoms with Crippen molar-refractivity contribution >= 4 is 17.5 Å². The van der Waals surface area contributed by atoms with E-state index in [-0.39, 0.29) is 5.91 Å². The zero-order chi connectivity index (χ0) is 13.8. The summed E-state index contributed by atoms with van der Waals surface area (Å²) in [7, 11) is 1.90. The van der Waals surface area contributed by atoms with Gasteiger partial charge in [-0.2, -0.15) is 0 Å². The largest absolute Gasteiger partial charge is 0.343 e. The normalized spacial score (nSPS) is 17.4. The molecule has 0 N–H and O–H groups in total. The van der Waals surface area contributed by atoms with Crippen molar-refractivity contribution in [2.45, 2.75) is 32.4 Å². The SMILES string of the molecule is CC(=O)N(C)C1CCN(Cc2ccccc2Cl)CC1. The fourth-order valence-corrected chi connectivity index (χ4v) is 2.78. The molecule has 1 aromatic carbocycles. The molecule has 1 heterocycles. The smallest absolute Gasteiger partial charge is 0.219 e. The summed E-state index contributed by atoms with van der Waals surface area (Å²) in [5.74, 6) is 0.157. The number of benzene rings is 1. The van der Waals surface area contributed by atoms with E-state index >= 15 is 0 Å². The first-order chi connectivity index (χ1) is 9.08. The number of piperidine rings is 1. The molecule has 2 rings (SSSR count). The molecule has 0 bridgehead atoms. The second-order valence-corrected chi connectivity index (χ2v) is 5.64. The monoisotopic (exact) mass is 280 g/mol. The maximum atomic E-state index is 11.4. The molecular weight excluding hydrogens is 260 g/mol. The molecule has 104 valence electrons. The Kier molecular flexibility index (Phi) is 4.83. The fraction of sp³-hybridized carbons (Fsp3) is 0.533. The molecule has 0 radical (unpaired) electrons. The van der Waals surface area contributed by atoms with Crippen LogP contribution >= 0.6 is 11.6 Å². The first-order valence-electron chi connectivity index (χ1n) is 6.77. The van der Waals surface area contributed by atoms with Crippen molar-refractivity contribution in [2.75, 3.05) is 20.1 Å². The van der Waals surface area contributed by atoms with Gasteiger partial charge in [-0.25, -0.2) is 0 Å². The molecule has 19 heavy (non-hydrogen) atoms. The van der Waals surface area contributed by atoms with Crippen LogP contribution in [-0.4, -0.2) is 41.9 Å². The van der Waals surface area contributed by atoms with Crippen molar-refractivity contribution < 1.29 is 4.79 Å². The van der Waals surface area contributed by atoms with E-state index in [0.717, 1.165) is 37.5 Å². The minimum Gasteiger partial charge on any atom is -0.343 e. The maximum Gasteiger partial charge on any atom is 0.219 e. The lowest BCUT2D eigenvalue weighted by Gasteiger charge is -2.36. The van der Waals surface area contributed by atoms with Gasteiger partial charge in [-0.15, -0.1) is 0 Å². The van der Waals surface area contributed by atoms with Gasteiger partial charge in [0, 0.05) is 44.7 Å². The summed E-state index contributed by atoms with van der Waals surface area (Å²) < 4.78 is 0. The van der Waals surface area contributed by atoms with Crippen molar-refractivity contribution in [2.24, 2.45) is 0 Å². The molecule has 0 aliphatic carbocycles. The van der Waals surface area contributed by atoms with Crippen LogP contribution in [-0.2, 0) is 11.3 Å². The van der Waals surface area contributed by atoms with Gasteiger partial charge in [0.1, 0.15) is 0 Å². The van der Waals surface area contributed by atoms with Gasteiger partial charge >= 0.3 is 0 Å². The second-order valence-electron chi connectivity index (χ2n) is 5.23. The first-order valence-corrected chi connectivity index (χ1v) is 7.15.